The van der Waals surface area contributed by atoms with Crippen molar-refractivity contribution in [2.24, 2.45) is 0 Å². The van der Waals surface area contributed by atoms with E-state index in [1.807, 2.05) is 60.9 Å². The standard InChI is InChI=1S/C31H30F3N5O2S/c1-3-20-11-9-12-21(4-2)28(20)39-26(18-35-29(41)23-13-6-7-14-24(23)31(32,33)34)36-37-30(39)42-19-27(40)38-17-16-22-10-5-8-15-25(22)38/h5-15H,3-4,16-19H2,1-2H3,(H,35,41). The van der Waals surface area contributed by atoms with Gasteiger partial charge in [0.2, 0.25) is 5.91 Å². The maximum absolute atomic E-state index is 13.5. The van der Waals surface area contributed by atoms with Crippen LogP contribution in [0.4, 0.5) is 18.9 Å². The Bertz CT molecular complexity index is 1600. The molecule has 1 aliphatic rings. The van der Waals surface area contributed by atoms with Crippen LogP contribution in [-0.4, -0.2) is 38.9 Å². The number of amides is 2. The highest BCUT2D eigenvalue weighted by Crippen LogP contribution is 2.33. The summed E-state index contributed by atoms with van der Waals surface area (Å²) >= 11 is 1.24. The first kappa shape index (κ1) is 29.4. The SMILES string of the molecule is CCc1cccc(CC)c1-n1c(CNC(=O)c2ccccc2C(F)(F)F)nnc1SCC(=O)N1CCc2ccccc21. The Morgan fingerprint density at radius 1 is 0.929 bits per heavy atom. The first-order valence-corrected chi connectivity index (χ1v) is 14.7. The highest BCUT2D eigenvalue weighted by molar-refractivity contribution is 7.99. The number of aryl methyl sites for hydroxylation is 2. The van der Waals surface area contributed by atoms with E-state index in [4.69, 9.17) is 0 Å². The van der Waals surface area contributed by atoms with Crippen molar-refractivity contribution in [1.82, 2.24) is 20.1 Å². The topological polar surface area (TPSA) is 80.1 Å². The first-order chi connectivity index (χ1) is 20.2. The van der Waals surface area contributed by atoms with E-state index in [-0.39, 0.29) is 18.2 Å². The summed E-state index contributed by atoms with van der Waals surface area (Å²) in [6.07, 6.45) is -2.45. The third-order valence-corrected chi connectivity index (χ3v) is 8.20. The summed E-state index contributed by atoms with van der Waals surface area (Å²) in [5.41, 5.74) is 3.47. The van der Waals surface area contributed by atoms with Gasteiger partial charge in [0.15, 0.2) is 11.0 Å². The van der Waals surface area contributed by atoms with Crippen LogP contribution < -0.4 is 10.2 Å². The third kappa shape index (κ3) is 5.92. The number of anilines is 1. The smallest absolute Gasteiger partial charge is 0.345 e. The normalized spacial score (nSPS) is 12.8. The number of thioether (sulfide) groups is 1. The molecular weight excluding hydrogens is 563 g/mol. The molecule has 0 saturated heterocycles. The molecule has 5 rings (SSSR count). The number of hydrogen-bond donors (Lipinski definition) is 1. The van der Waals surface area contributed by atoms with E-state index in [0.29, 0.717) is 30.4 Å². The fourth-order valence-electron chi connectivity index (χ4n) is 5.22. The Morgan fingerprint density at radius 3 is 2.33 bits per heavy atom. The Morgan fingerprint density at radius 2 is 1.62 bits per heavy atom. The Labute approximate surface area is 246 Å². The average Bonchev–Trinajstić information content (AvgIpc) is 3.61. The summed E-state index contributed by atoms with van der Waals surface area (Å²) in [7, 11) is 0. The van der Waals surface area contributed by atoms with E-state index in [0.717, 1.165) is 46.6 Å². The third-order valence-electron chi connectivity index (χ3n) is 7.29. The Kier molecular flexibility index (Phi) is 8.67. The number of halogens is 3. The van der Waals surface area contributed by atoms with Crippen LogP contribution in [0.3, 0.4) is 0 Å². The summed E-state index contributed by atoms with van der Waals surface area (Å²) in [5, 5.41) is 11.8. The van der Waals surface area contributed by atoms with Crippen LogP contribution in [0.2, 0.25) is 0 Å². The molecule has 11 heteroatoms. The zero-order chi connectivity index (χ0) is 29.9. The average molecular weight is 594 g/mol. The van der Waals surface area contributed by atoms with Gasteiger partial charge in [-0.2, -0.15) is 13.2 Å². The monoisotopic (exact) mass is 593 g/mol. The van der Waals surface area contributed by atoms with Crippen molar-refractivity contribution in [2.75, 3.05) is 17.2 Å². The van der Waals surface area contributed by atoms with E-state index >= 15 is 0 Å². The maximum atomic E-state index is 13.5. The molecule has 1 aliphatic heterocycles. The number of aromatic nitrogens is 3. The van der Waals surface area contributed by atoms with Crippen LogP contribution in [0, 0.1) is 0 Å². The molecule has 0 unspecified atom stereocenters. The van der Waals surface area contributed by atoms with E-state index in [9.17, 15) is 22.8 Å². The number of alkyl halides is 3. The fraction of sp³-hybridized carbons (Fsp3) is 0.290. The van der Waals surface area contributed by atoms with E-state index in [2.05, 4.69) is 15.5 Å². The molecule has 2 amide bonds. The van der Waals surface area contributed by atoms with Gasteiger partial charge in [-0.15, -0.1) is 10.2 Å². The number of fused-ring (bicyclic) bond motifs is 1. The van der Waals surface area contributed by atoms with Gasteiger partial charge in [-0.25, -0.2) is 0 Å². The first-order valence-electron chi connectivity index (χ1n) is 13.7. The minimum Gasteiger partial charge on any atom is -0.345 e. The number of rotatable bonds is 9. The number of para-hydroxylation sites is 2. The van der Waals surface area contributed by atoms with Gasteiger partial charge in [-0.1, -0.05) is 74.1 Å². The lowest BCUT2D eigenvalue weighted by Crippen LogP contribution is -2.30. The molecule has 0 bridgehead atoms. The molecule has 1 aromatic heterocycles. The Hall–Kier alpha value is -4.12. The van der Waals surface area contributed by atoms with Crippen molar-refractivity contribution in [3.05, 3.63) is 100 Å². The van der Waals surface area contributed by atoms with Gasteiger partial charge in [-0.3, -0.25) is 14.2 Å². The molecule has 0 spiro atoms. The Balaban J connectivity index is 1.44. The van der Waals surface area contributed by atoms with Crippen molar-refractivity contribution in [3.63, 3.8) is 0 Å². The van der Waals surface area contributed by atoms with Crippen molar-refractivity contribution in [2.45, 2.75) is 51.0 Å². The summed E-state index contributed by atoms with van der Waals surface area (Å²) in [5.74, 6) is -0.454. The molecule has 0 saturated carbocycles. The minimum absolute atomic E-state index is 0.0578. The summed E-state index contributed by atoms with van der Waals surface area (Å²) in [6.45, 7) is 4.51. The molecule has 2 heterocycles. The molecule has 4 aromatic rings. The molecular formula is C31H30F3N5O2S. The zero-order valence-corrected chi connectivity index (χ0v) is 24.1. The lowest BCUT2D eigenvalue weighted by molar-refractivity contribution is -0.138. The second-order valence-corrected chi connectivity index (χ2v) is 10.7. The van der Waals surface area contributed by atoms with Crippen LogP contribution in [0.1, 0.15) is 52.3 Å². The lowest BCUT2D eigenvalue weighted by Gasteiger charge is -2.19. The van der Waals surface area contributed by atoms with Gasteiger partial charge in [-0.05, 0) is 54.2 Å². The molecule has 218 valence electrons. The van der Waals surface area contributed by atoms with E-state index in [1.165, 1.54) is 23.9 Å². The molecule has 0 atom stereocenters. The number of carbonyl (C=O) groups excluding carboxylic acids is 2. The minimum atomic E-state index is -4.67. The van der Waals surface area contributed by atoms with Gasteiger partial charge in [0.25, 0.3) is 5.91 Å². The molecule has 0 fully saturated rings. The lowest BCUT2D eigenvalue weighted by atomic mass is 10.0. The number of hydrogen-bond acceptors (Lipinski definition) is 5. The second-order valence-electron chi connectivity index (χ2n) is 9.80. The van der Waals surface area contributed by atoms with Gasteiger partial charge in [0.1, 0.15) is 0 Å². The number of nitrogens with one attached hydrogen (secondary N) is 1. The molecule has 1 N–H and O–H groups in total. The molecule has 0 radical (unpaired) electrons. The quantitative estimate of drug-likeness (QED) is 0.240. The fourth-order valence-corrected chi connectivity index (χ4v) is 6.05. The molecule has 0 aliphatic carbocycles. The van der Waals surface area contributed by atoms with Crippen LogP contribution in [0.5, 0.6) is 0 Å². The van der Waals surface area contributed by atoms with Crippen molar-refractivity contribution in [1.29, 1.82) is 0 Å². The summed E-state index contributed by atoms with van der Waals surface area (Å²) in [6, 6.07) is 18.5. The second kappa shape index (κ2) is 12.4. The summed E-state index contributed by atoms with van der Waals surface area (Å²) in [4.78, 5) is 28.0. The van der Waals surface area contributed by atoms with Crippen molar-refractivity contribution in [3.8, 4) is 5.69 Å². The van der Waals surface area contributed by atoms with Crippen LogP contribution in [-0.2, 0) is 36.8 Å². The molecule has 7 nitrogen and oxygen atoms in total. The largest absolute Gasteiger partial charge is 0.417 e. The van der Waals surface area contributed by atoms with Crippen molar-refractivity contribution < 1.29 is 22.8 Å². The van der Waals surface area contributed by atoms with Gasteiger partial charge in [0.05, 0.1) is 29.1 Å². The molecule has 42 heavy (non-hydrogen) atoms. The van der Waals surface area contributed by atoms with Gasteiger partial charge < -0.3 is 10.2 Å². The van der Waals surface area contributed by atoms with Gasteiger partial charge in [0, 0.05) is 12.2 Å². The number of benzene rings is 3. The van der Waals surface area contributed by atoms with Crippen molar-refractivity contribution >= 4 is 29.3 Å². The highest BCUT2D eigenvalue weighted by Gasteiger charge is 2.35. The van der Waals surface area contributed by atoms with Crippen LogP contribution in [0.25, 0.3) is 5.69 Å². The van der Waals surface area contributed by atoms with E-state index < -0.39 is 23.2 Å². The summed E-state index contributed by atoms with van der Waals surface area (Å²) < 4.78 is 42.4. The predicted molar refractivity (Wildman–Crippen MR) is 156 cm³/mol. The highest BCUT2D eigenvalue weighted by atomic mass is 32.2. The van der Waals surface area contributed by atoms with Crippen LogP contribution in [0.15, 0.2) is 71.9 Å². The van der Waals surface area contributed by atoms with E-state index in [1.54, 1.807) is 4.90 Å². The molecule has 3 aromatic carbocycles. The van der Waals surface area contributed by atoms with Crippen LogP contribution >= 0.6 is 11.8 Å². The van der Waals surface area contributed by atoms with Gasteiger partial charge >= 0.3 is 6.18 Å². The number of nitrogens with zero attached hydrogens (tertiary/aromatic N) is 4. The maximum Gasteiger partial charge on any atom is 0.417 e. The zero-order valence-electron chi connectivity index (χ0n) is 23.2. The predicted octanol–water partition coefficient (Wildman–Crippen LogP) is 6.02. The number of carbonyl (C=O) groups is 2.